The molecule has 0 unspecified atom stereocenters. The zero-order valence-corrected chi connectivity index (χ0v) is 12.6. The first kappa shape index (κ1) is 13.5. The van der Waals surface area contributed by atoms with Gasteiger partial charge >= 0.3 is 0 Å². The van der Waals surface area contributed by atoms with Crippen molar-refractivity contribution >= 4 is 22.5 Å². The number of imidazole rings is 1. The van der Waals surface area contributed by atoms with Crippen LogP contribution in [0.15, 0.2) is 55.1 Å². The fourth-order valence-corrected chi connectivity index (χ4v) is 2.80. The van der Waals surface area contributed by atoms with E-state index in [-0.39, 0.29) is 5.91 Å². The van der Waals surface area contributed by atoms with E-state index >= 15 is 0 Å². The van der Waals surface area contributed by atoms with Gasteiger partial charge in [-0.1, -0.05) is 18.2 Å². The van der Waals surface area contributed by atoms with E-state index in [9.17, 15) is 4.79 Å². The highest BCUT2D eigenvalue weighted by Gasteiger charge is 2.18. The van der Waals surface area contributed by atoms with E-state index in [4.69, 9.17) is 0 Å². The van der Waals surface area contributed by atoms with E-state index in [1.165, 1.54) is 0 Å². The summed E-state index contributed by atoms with van der Waals surface area (Å²) in [5.74, 6) is -0.0663. The Morgan fingerprint density at radius 1 is 1.22 bits per heavy atom. The summed E-state index contributed by atoms with van der Waals surface area (Å²) in [4.78, 5) is 23.0. The topological polar surface area (TPSA) is 66.3 Å². The molecule has 3 aromatic heterocycles. The summed E-state index contributed by atoms with van der Waals surface area (Å²) in [5.41, 5.74) is 3.21. The van der Waals surface area contributed by atoms with Crippen molar-refractivity contribution in [3.8, 4) is 0 Å². The molecule has 4 rings (SSSR count). The molecule has 6 heteroatoms. The number of nitrogens with zero attached hydrogens (tertiary/aromatic N) is 4. The second-order valence-electron chi connectivity index (χ2n) is 5.46. The molecule has 1 amide bonds. The average molecular weight is 305 g/mol. The molecule has 0 saturated heterocycles. The maximum atomic E-state index is 12.7. The first-order chi connectivity index (χ1) is 11.2. The minimum Gasteiger partial charge on any atom is -0.337 e. The van der Waals surface area contributed by atoms with Crippen molar-refractivity contribution in [2.45, 2.75) is 6.54 Å². The quantitative estimate of drug-likeness (QED) is 0.632. The number of aromatic nitrogens is 4. The number of aromatic amines is 1. The zero-order valence-electron chi connectivity index (χ0n) is 12.6. The molecule has 1 aromatic carbocycles. The van der Waals surface area contributed by atoms with Gasteiger partial charge in [0.05, 0.1) is 5.52 Å². The fraction of sp³-hybridized carbons (Fsp3) is 0.118. The van der Waals surface area contributed by atoms with Gasteiger partial charge in [0.25, 0.3) is 5.91 Å². The van der Waals surface area contributed by atoms with Gasteiger partial charge in [-0.2, -0.15) is 0 Å². The van der Waals surface area contributed by atoms with Crippen LogP contribution in [0.2, 0.25) is 0 Å². The average Bonchev–Trinajstić information content (AvgIpc) is 3.18. The van der Waals surface area contributed by atoms with Crippen LogP contribution in [0.25, 0.3) is 16.6 Å². The van der Waals surface area contributed by atoms with Crippen LogP contribution in [0.1, 0.15) is 15.9 Å². The highest BCUT2D eigenvalue weighted by Crippen LogP contribution is 2.19. The standard InChI is InChI=1S/C17H15N5O/c1-21(17(23)14-10-20-22-9-8-19-16(14)22)11-12-4-2-6-15-13(12)5-3-7-18-15/h2-10,20H,11H2,1H3. The minimum absolute atomic E-state index is 0.0663. The minimum atomic E-state index is -0.0663. The Labute approximate surface area is 132 Å². The number of H-pyrrole nitrogens is 1. The number of pyridine rings is 1. The van der Waals surface area contributed by atoms with E-state index in [1.54, 1.807) is 41.3 Å². The summed E-state index contributed by atoms with van der Waals surface area (Å²) in [6.07, 6.45) is 6.91. The molecule has 4 aromatic rings. The van der Waals surface area contributed by atoms with E-state index in [0.717, 1.165) is 16.5 Å². The summed E-state index contributed by atoms with van der Waals surface area (Å²) in [5, 5.41) is 4.06. The molecule has 6 nitrogen and oxygen atoms in total. The lowest BCUT2D eigenvalue weighted by Gasteiger charge is -2.17. The molecule has 0 spiro atoms. The molecular weight excluding hydrogens is 290 g/mol. The summed E-state index contributed by atoms with van der Waals surface area (Å²) >= 11 is 0. The summed E-state index contributed by atoms with van der Waals surface area (Å²) in [6, 6.07) is 9.90. The highest BCUT2D eigenvalue weighted by molar-refractivity contribution is 5.99. The van der Waals surface area contributed by atoms with Crippen molar-refractivity contribution < 1.29 is 4.79 Å². The Hall–Kier alpha value is -3.15. The Morgan fingerprint density at radius 3 is 3.04 bits per heavy atom. The van der Waals surface area contributed by atoms with Crippen LogP contribution in [0.5, 0.6) is 0 Å². The number of nitrogens with one attached hydrogen (secondary N) is 1. The molecule has 0 aliphatic carbocycles. The van der Waals surface area contributed by atoms with E-state index in [2.05, 4.69) is 15.1 Å². The molecule has 0 fully saturated rings. The van der Waals surface area contributed by atoms with Gasteiger partial charge in [-0.05, 0) is 17.7 Å². The van der Waals surface area contributed by atoms with Gasteiger partial charge in [-0.3, -0.25) is 14.9 Å². The van der Waals surface area contributed by atoms with Crippen molar-refractivity contribution in [1.29, 1.82) is 0 Å². The third-order valence-electron chi connectivity index (χ3n) is 3.95. The zero-order chi connectivity index (χ0) is 15.8. The van der Waals surface area contributed by atoms with Gasteiger partial charge in [0, 0.05) is 43.8 Å². The largest absolute Gasteiger partial charge is 0.337 e. The lowest BCUT2D eigenvalue weighted by atomic mass is 10.1. The van der Waals surface area contributed by atoms with Gasteiger partial charge in [0.15, 0.2) is 5.65 Å². The predicted octanol–water partition coefficient (Wildman–Crippen LogP) is 2.48. The lowest BCUT2D eigenvalue weighted by molar-refractivity contribution is 0.0787. The molecule has 1 N–H and O–H groups in total. The monoisotopic (exact) mass is 305 g/mol. The van der Waals surface area contributed by atoms with Crippen LogP contribution in [0, 0.1) is 0 Å². The van der Waals surface area contributed by atoms with Crippen LogP contribution in [0.4, 0.5) is 0 Å². The predicted molar refractivity (Wildman–Crippen MR) is 87.1 cm³/mol. The molecule has 0 bridgehead atoms. The Morgan fingerprint density at radius 2 is 2.13 bits per heavy atom. The number of benzene rings is 1. The van der Waals surface area contributed by atoms with Gasteiger partial charge in [-0.25, -0.2) is 9.50 Å². The lowest BCUT2D eigenvalue weighted by Crippen LogP contribution is -2.26. The Kier molecular flexibility index (Phi) is 3.08. The highest BCUT2D eigenvalue weighted by atomic mass is 16.2. The van der Waals surface area contributed by atoms with Crippen molar-refractivity contribution in [3.05, 3.63) is 66.2 Å². The molecule has 0 aliphatic rings. The van der Waals surface area contributed by atoms with Crippen molar-refractivity contribution in [2.24, 2.45) is 0 Å². The molecule has 0 saturated carbocycles. The van der Waals surface area contributed by atoms with Crippen LogP contribution in [0.3, 0.4) is 0 Å². The smallest absolute Gasteiger partial charge is 0.259 e. The number of hydrogen-bond donors (Lipinski definition) is 1. The molecule has 3 heterocycles. The molecule has 114 valence electrons. The van der Waals surface area contributed by atoms with Crippen LogP contribution in [-0.2, 0) is 6.54 Å². The van der Waals surface area contributed by atoms with E-state index in [0.29, 0.717) is 17.8 Å². The third kappa shape index (κ3) is 2.24. The van der Waals surface area contributed by atoms with Gasteiger partial charge in [0.1, 0.15) is 5.56 Å². The number of carbonyl (C=O) groups is 1. The number of amides is 1. The first-order valence-electron chi connectivity index (χ1n) is 7.32. The summed E-state index contributed by atoms with van der Waals surface area (Å²) < 4.78 is 1.73. The first-order valence-corrected chi connectivity index (χ1v) is 7.32. The van der Waals surface area contributed by atoms with E-state index in [1.807, 2.05) is 30.3 Å². The summed E-state index contributed by atoms with van der Waals surface area (Å²) in [7, 11) is 1.80. The van der Waals surface area contributed by atoms with Crippen LogP contribution >= 0.6 is 0 Å². The SMILES string of the molecule is CN(Cc1cccc2ncccc12)C(=O)c1c[nH]n2ccnc12. The van der Waals surface area contributed by atoms with Gasteiger partial charge in [0.2, 0.25) is 0 Å². The van der Waals surface area contributed by atoms with Gasteiger partial charge in [-0.15, -0.1) is 0 Å². The molecule has 0 aliphatic heterocycles. The molecule has 0 atom stereocenters. The maximum absolute atomic E-state index is 12.7. The Bertz CT molecular complexity index is 995. The molecule has 0 radical (unpaired) electrons. The van der Waals surface area contributed by atoms with E-state index < -0.39 is 0 Å². The number of hydrogen-bond acceptors (Lipinski definition) is 3. The van der Waals surface area contributed by atoms with Gasteiger partial charge < -0.3 is 4.90 Å². The van der Waals surface area contributed by atoms with Crippen molar-refractivity contribution in [1.82, 2.24) is 24.5 Å². The number of carbonyl (C=O) groups excluding carboxylic acids is 1. The fourth-order valence-electron chi connectivity index (χ4n) is 2.80. The third-order valence-corrected chi connectivity index (χ3v) is 3.95. The maximum Gasteiger partial charge on any atom is 0.259 e. The normalized spacial score (nSPS) is 11.2. The number of rotatable bonds is 3. The Balaban J connectivity index is 1.65. The van der Waals surface area contributed by atoms with Crippen LogP contribution < -0.4 is 0 Å². The van der Waals surface area contributed by atoms with Crippen molar-refractivity contribution in [3.63, 3.8) is 0 Å². The summed E-state index contributed by atoms with van der Waals surface area (Å²) in [6.45, 7) is 0.514. The van der Waals surface area contributed by atoms with Crippen molar-refractivity contribution in [2.75, 3.05) is 7.05 Å². The number of fused-ring (bicyclic) bond motifs is 2. The second kappa shape index (κ2) is 5.24. The van der Waals surface area contributed by atoms with Crippen LogP contribution in [-0.4, -0.2) is 37.4 Å². The molecule has 23 heavy (non-hydrogen) atoms. The second-order valence-corrected chi connectivity index (χ2v) is 5.46. The molecular formula is C17H15N5O.